The first kappa shape index (κ1) is 24.0. The van der Waals surface area contributed by atoms with Gasteiger partial charge in [-0.3, -0.25) is 9.59 Å². The highest BCUT2D eigenvalue weighted by molar-refractivity contribution is 5.88. The number of ether oxygens (including phenoxy) is 1. The van der Waals surface area contributed by atoms with Crippen LogP contribution in [0, 0.1) is 5.82 Å². The van der Waals surface area contributed by atoms with Crippen molar-refractivity contribution in [1.29, 1.82) is 0 Å². The Morgan fingerprint density at radius 3 is 2.15 bits per heavy atom. The van der Waals surface area contributed by atoms with Crippen molar-refractivity contribution < 1.29 is 18.7 Å². The average molecular weight is 449 g/mol. The third-order valence-electron chi connectivity index (χ3n) is 5.20. The van der Waals surface area contributed by atoms with Crippen LogP contribution < -0.4 is 10.1 Å². The molecule has 6 heteroatoms. The molecule has 0 saturated carbocycles. The van der Waals surface area contributed by atoms with Crippen molar-refractivity contribution in [2.45, 2.75) is 32.4 Å². The third kappa shape index (κ3) is 7.17. The van der Waals surface area contributed by atoms with E-state index in [1.165, 1.54) is 17.0 Å². The van der Waals surface area contributed by atoms with Crippen molar-refractivity contribution in [1.82, 2.24) is 10.2 Å². The number of hydrogen-bond donors (Lipinski definition) is 1. The van der Waals surface area contributed by atoms with Crippen LogP contribution in [0.5, 0.6) is 5.75 Å². The Morgan fingerprint density at radius 1 is 0.909 bits per heavy atom. The second-order valence-corrected chi connectivity index (χ2v) is 7.72. The molecule has 0 bridgehead atoms. The van der Waals surface area contributed by atoms with E-state index in [0.717, 1.165) is 17.5 Å². The topological polar surface area (TPSA) is 58.6 Å². The van der Waals surface area contributed by atoms with Crippen LogP contribution in [0.4, 0.5) is 4.39 Å². The van der Waals surface area contributed by atoms with Gasteiger partial charge in [0.15, 0.2) is 18.2 Å². The summed E-state index contributed by atoms with van der Waals surface area (Å²) in [5.41, 5.74) is 1.83. The summed E-state index contributed by atoms with van der Waals surface area (Å²) in [4.78, 5) is 28.0. The molecule has 3 aromatic carbocycles. The first-order valence-electron chi connectivity index (χ1n) is 11.1. The number of amides is 2. The molecule has 0 aliphatic heterocycles. The van der Waals surface area contributed by atoms with E-state index in [0.29, 0.717) is 13.0 Å². The zero-order valence-electron chi connectivity index (χ0n) is 18.7. The van der Waals surface area contributed by atoms with Gasteiger partial charge < -0.3 is 15.0 Å². The summed E-state index contributed by atoms with van der Waals surface area (Å²) in [5.74, 6) is -1.16. The molecule has 33 heavy (non-hydrogen) atoms. The Morgan fingerprint density at radius 2 is 1.52 bits per heavy atom. The van der Waals surface area contributed by atoms with Gasteiger partial charge in [-0.15, -0.1) is 0 Å². The monoisotopic (exact) mass is 448 g/mol. The fourth-order valence-corrected chi connectivity index (χ4v) is 3.48. The van der Waals surface area contributed by atoms with Crippen molar-refractivity contribution >= 4 is 11.8 Å². The van der Waals surface area contributed by atoms with Gasteiger partial charge in [0, 0.05) is 19.5 Å². The number of carbonyl (C=O) groups excluding carboxylic acids is 2. The van der Waals surface area contributed by atoms with E-state index in [2.05, 4.69) is 5.32 Å². The molecule has 0 aliphatic carbocycles. The summed E-state index contributed by atoms with van der Waals surface area (Å²) < 4.78 is 19.5. The van der Waals surface area contributed by atoms with Crippen molar-refractivity contribution in [3.05, 3.63) is 102 Å². The van der Waals surface area contributed by atoms with Crippen LogP contribution in [0.2, 0.25) is 0 Å². The van der Waals surface area contributed by atoms with Crippen LogP contribution in [0.25, 0.3) is 0 Å². The van der Waals surface area contributed by atoms with E-state index in [4.69, 9.17) is 4.74 Å². The number of nitrogens with one attached hydrogen (secondary N) is 1. The first-order chi connectivity index (χ1) is 16.1. The predicted octanol–water partition coefficient (Wildman–Crippen LogP) is 4.37. The van der Waals surface area contributed by atoms with Crippen LogP contribution >= 0.6 is 0 Å². The molecule has 0 aliphatic rings. The van der Waals surface area contributed by atoms with Gasteiger partial charge in [-0.25, -0.2) is 4.39 Å². The van der Waals surface area contributed by atoms with E-state index >= 15 is 0 Å². The number of rotatable bonds is 11. The second-order valence-electron chi connectivity index (χ2n) is 7.72. The summed E-state index contributed by atoms with van der Waals surface area (Å²) in [5, 5.41) is 2.92. The molecule has 0 aromatic heterocycles. The highest BCUT2D eigenvalue weighted by atomic mass is 19.1. The maximum Gasteiger partial charge on any atom is 0.261 e. The Balaban J connectivity index is 1.87. The maximum atomic E-state index is 14.0. The molecule has 1 unspecified atom stereocenters. The van der Waals surface area contributed by atoms with Crippen LogP contribution in [-0.4, -0.2) is 35.9 Å². The molecule has 0 saturated heterocycles. The first-order valence-corrected chi connectivity index (χ1v) is 11.1. The number of halogens is 1. The lowest BCUT2D eigenvalue weighted by atomic mass is 10.0. The number of hydrogen-bond acceptors (Lipinski definition) is 3. The van der Waals surface area contributed by atoms with Gasteiger partial charge in [-0.05, 0) is 29.7 Å². The van der Waals surface area contributed by atoms with Crippen molar-refractivity contribution in [2.75, 3.05) is 13.2 Å². The molecule has 0 radical (unpaired) electrons. The van der Waals surface area contributed by atoms with Gasteiger partial charge in [0.1, 0.15) is 6.04 Å². The standard InChI is InChI=1S/C27H29FN2O3/c1-2-17-29-27(32)24(18-21-11-5-3-6-12-21)30(19-22-13-7-4-8-14-22)26(31)20-33-25-16-10-9-15-23(25)28/h3-16,24H,2,17-20H2,1H3,(H,29,32). The quantitative estimate of drug-likeness (QED) is 0.474. The van der Waals surface area contributed by atoms with E-state index in [1.54, 1.807) is 12.1 Å². The molecular formula is C27H29FN2O3. The van der Waals surface area contributed by atoms with Crippen LogP contribution in [0.15, 0.2) is 84.9 Å². The van der Waals surface area contributed by atoms with Gasteiger partial charge in [-0.1, -0.05) is 79.7 Å². The van der Waals surface area contributed by atoms with Crippen LogP contribution in [-0.2, 0) is 22.6 Å². The number of para-hydroxylation sites is 1. The molecule has 3 rings (SSSR count). The van der Waals surface area contributed by atoms with Crippen LogP contribution in [0.3, 0.4) is 0 Å². The summed E-state index contributed by atoms with van der Waals surface area (Å²) in [6.45, 7) is 2.35. The average Bonchev–Trinajstić information content (AvgIpc) is 2.85. The third-order valence-corrected chi connectivity index (χ3v) is 5.20. The summed E-state index contributed by atoms with van der Waals surface area (Å²) in [7, 11) is 0. The zero-order valence-corrected chi connectivity index (χ0v) is 18.7. The van der Waals surface area contributed by atoms with Crippen molar-refractivity contribution in [2.24, 2.45) is 0 Å². The van der Waals surface area contributed by atoms with Gasteiger partial charge in [0.25, 0.3) is 5.91 Å². The minimum Gasteiger partial charge on any atom is -0.481 e. The fraction of sp³-hybridized carbons (Fsp3) is 0.259. The van der Waals surface area contributed by atoms with Gasteiger partial charge >= 0.3 is 0 Å². The second kappa shape index (κ2) is 12.4. The summed E-state index contributed by atoms with van der Waals surface area (Å²) >= 11 is 0. The number of nitrogens with zero attached hydrogens (tertiary/aromatic N) is 1. The normalized spacial score (nSPS) is 11.5. The highest BCUT2D eigenvalue weighted by Gasteiger charge is 2.30. The summed E-state index contributed by atoms with van der Waals surface area (Å²) in [6.07, 6.45) is 1.14. The van der Waals surface area contributed by atoms with Crippen molar-refractivity contribution in [3.8, 4) is 5.75 Å². The Hall–Kier alpha value is -3.67. The lowest BCUT2D eigenvalue weighted by molar-refractivity contribution is -0.142. The van der Waals surface area contributed by atoms with Crippen LogP contribution in [0.1, 0.15) is 24.5 Å². The van der Waals surface area contributed by atoms with E-state index in [1.807, 2.05) is 67.6 Å². The SMILES string of the molecule is CCCNC(=O)C(Cc1ccccc1)N(Cc1ccccc1)C(=O)COc1ccccc1F. The van der Waals surface area contributed by atoms with E-state index < -0.39 is 17.8 Å². The highest BCUT2D eigenvalue weighted by Crippen LogP contribution is 2.18. The van der Waals surface area contributed by atoms with E-state index in [9.17, 15) is 14.0 Å². The molecule has 0 heterocycles. The minimum atomic E-state index is -0.740. The molecule has 172 valence electrons. The zero-order chi connectivity index (χ0) is 23.5. The Kier molecular flexibility index (Phi) is 9.00. The maximum absolute atomic E-state index is 14.0. The summed E-state index contributed by atoms with van der Waals surface area (Å²) in [6, 6.07) is 24.3. The van der Waals surface area contributed by atoms with Gasteiger partial charge in [0.05, 0.1) is 0 Å². The fourth-order valence-electron chi connectivity index (χ4n) is 3.48. The molecule has 0 spiro atoms. The smallest absolute Gasteiger partial charge is 0.261 e. The van der Waals surface area contributed by atoms with Gasteiger partial charge in [-0.2, -0.15) is 0 Å². The van der Waals surface area contributed by atoms with Crippen molar-refractivity contribution in [3.63, 3.8) is 0 Å². The molecule has 5 nitrogen and oxygen atoms in total. The predicted molar refractivity (Wildman–Crippen MR) is 126 cm³/mol. The van der Waals surface area contributed by atoms with E-state index in [-0.39, 0.29) is 24.8 Å². The number of benzene rings is 3. The molecule has 2 amide bonds. The lowest BCUT2D eigenvalue weighted by Crippen LogP contribution is -2.51. The van der Waals surface area contributed by atoms with Gasteiger partial charge in [0.2, 0.25) is 5.91 Å². The lowest BCUT2D eigenvalue weighted by Gasteiger charge is -2.31. The molecule has 0 fully saturated rings. The molecular weight excluding hydrogens is 419 g/mol. The number of carbonyl (C=O) groups is 2. The Bertz CT molecular complexity index is 1030. The molecule has 1 N–H and O–H groups in total. The molecule has 3 aromatic rings. The minimum absolute atomic E-state index is 0.000514. The largest absolute Gasteiger partial charge is 0.481 e. The Labute approximate surface area is 194 Å². The molecule has 1 atom stereocenters.